The lowest BCUT2D eigenvalue weighted by atomic mass is 9.85. The third-order valence-corrected chi connectivity index (χ3v) is 7.79. The van der Waals surface area contributed by atoms with E-state index in [1.54, 1.807) is 36.7 Å². The van der Waals surface area contributed by atoms with Crippen molar-refractivity contribution in [3.8, 4) is 11.3 Å². The molecule has 0 bridgehead atoms. The quantitative estimate of drug-likeness (QED) is 0.359. The van der Waals surface area contributed by atoms with Crippen LogP contribution in [0.5, 0.6) is 0 Å². The van der Waals surface area contributed by atoms with Gasteiger partial charge in [0.15, 0.2) is 0 Å². The average Bonchev–Trinajstić information content (AvgIpc) is 3.36. The molecule has 1 aromatic carbocycles. The first-order chi connectivity index (χ1) is 20.0. The minimum Gasteiger partial charge on any atom is -0.382 e. The Hall–Kier alpha value is -4.52. The molecule has 2 amide bonds. The lowest BCUT2D eigenvalue weighted by Crippen LogP contribution is -2.55. The van der Waals surface area contributed by atoms with Gasteiger partial charge in [0, 0.05) is 48.7 Å². The van der Waals surface area contributed by atoms with Gasteiger partial charge in [-0.2, -0.15) is 13.2 Å². The molecule has 13 heteroatoms. The summed E-state index contributed by atoms with van der Waals surface area (Å²) in [7, 11) is 0. The predicted molar refractivity (Wildman–Crippen MR) is 148 cm³/mol. The second-order valence-electron chi connectivity index (χ2n) is 11.0. The van der Waals surface area contributed by atoms with E-state index in [4.69, 9.17) is 15.5 Å². The number of aromatic nitrogens is 4. The molecule has 2 saturated heterocycles. The Bertz CT molecular complexity index is 1670. The van der Waals surface area contributed by atoms with Gasteiger partial charge in [-0.05, 0) is 44.0 Å². The third kappa shape index (κ3) is 5.04. The standard InChI is InChI=1S/C29H28F3N7O3/c1-28(15-42-16-28)27(41)38-11-2-3-19(14-38)25-37-22(23-24(33)35-10-12-39(23)25)17-4-6-18(7-5-17)26(40)36-21-13-20(8-9-34-21)29(30,31)32/h4-10,12-13,19H,2-3,11,14-16H2,1H3,(H2,33,35)(H,34,36,40)/t19-/m1/s1. The van der Waals surface area contributed by atoms with Gasteiger partial charge in [-0.25, -0.2) is 15.0 Å². The Morgan fingerprint density at radius 2 is 1.88 bits per heavy atom. The third-order valence-electron chi connectivity index (χ3n) is 7.79. The van der Waals surface area contributed by atoms with E-state index in [1.165, 1.54) is 0 Å². The summed E-state index contributed by atoms with van der Waals surface area (Å²) in [5.41, 5.74) is 6.99. The number of nitrogens with one attached hydrogen (secondary N) is 1. The lowest BCUT2D eigenvalue weighted by molar-refractivity contribution is -0.170. The van der Waals surface area contributed by atoms with Crippen molar-refractivity contribution in [1.82, 2.24) is 24.3 Å². The number of ether oxygens (including phenoxy) is 1. The summed E-state index contributed by atoms with van der Waals surface area (Å²) in [4.78, 5) is 40.9. The van der Waals surface area contributed by atoms with E-state index in [0.29, 0.717) is 43.1 Å². The van der Waals surface area contributed by atoms with Crippen LogP contribution in [0.2, 0.25) is 0 Å². The fourth-order valence-corrected chi connectivity index (χ4v) is 5.51. The maximum absolute atomic E-state index is 13.2. The summed E-state index contributed by atoms with van der Waals surface area (Å²) in [6.07, 6.45) is 1.52. The zero-order valence-corrected chi connectivity index (χ0v) is 22.7. The number of imidazole rings is 1. The minimum absolute atomic E-state index is 0.0274. The van der Waals surface area contributed by atoms with E-state index in [0.717, 1.165) is 37.0 Å². The normalized spacial score (nSPS) is 18.5. The first kappa shape index (κ1) is 27.6. The Morgan fingerprint density at radius 1 is 1.12 bits per heavy atom. The van der Waals surface area contributed by atoms with Crippen molar-refractivity contribution in [2.24, 2.45) is 5.41 Å². The summed E-state index contributed by atoms with van der Waals surface area (Å²) in [6, 6.07) is 8.11. The molecule has 0 unspecified atom stereocenters. The number of likely N-dealkylation sites (tertiary alicyclic amines) is 1. The van der Waals surface area contributed by atoms with E-state index in [-0.39, 0.29) is 29.0 Å². The number of nitrogens with zero attached hydrogens (tertiary/aromatic N) is 5. The second kappa shape index (κ2) is 10.4. The van der Waals surface area contributed by atoms with Gasteiger partial charge in [0.05, 0.1) is 24.2 Å². The van der Waals surface area contributed by atoms with Gasteiger partial charge in [0.25, 0.3) is 5.91 Å². The molecular weight excluding hydrogens is 551 g/mol. The number of nitrogen functional groups attached to an aromatic ring is 1. The topological polar surface area (TPSA) is 128 Å². The summed E-state index contributed by atoms with van der Waals surface area (Å²) < 4.78 is 46.3. The van der Waals surface area contributed by atoms with Crippen molar-refractivity contribution in [3.63, 3.8) is 0 Å². The molecule has 1 atom stereocenters. The highest BCUT2D eigenvalue weighted by Gasteiger charge is 2.45. The van der Waals surface area contributed by atoms with Crippen LogP contribution in [0.1, 0.15) is 47.4 Å². The van der Waals surface area contributed by atoms with E-state index < -0.39 is 23.1 Å². The zero-order valence-electron chi connectivity index (χ0n) is 22.7. The number of fused-ring (bicyclic) bond motifs is 1. The maximum Gasteiger partial charge on any atom is 0.416 e. The Morgan fingerprint density at radius 3 is 2.57 bits per heavy atom. The number of anilines is 2. The molecule has 2 fully saturated rings. The molecule has 0 aliphatic carbocycles. The van der Waals surface area contributed by atoms with Gasteiger partial charge >= 0.3 is 6.18 Å². The van der Waals surface area contributed by atoms with Crippen LogP contribution in [-0.2, 0) is 15.7 Å². The van der Waals surface area contributed by atoms with Gasteiger partial charge in [0.1, 0.15) is 28.7 Å². The Balaban J connectivity index is 1.26. The van der Waals surface area contributed by atoms with Crippen molar-refractivity contribution in [1.29, 1.82) is 0 Å². The molecule has 4 aromatic rings. The number of alkyl halides is 3. The monoisotopic (exact) mass is 579 g/mol. The first-order valence-electron chi connectivity index (χ1n) is 13.5. The van der Waals surface area contributed by atoms with Crippen LogP contribution in [-0.4, -0.2) is 62.4 Å². The highest BCUT2D eigenvalue weighted by atomic mass is 19.4. The molecule has 3 N–H and O–H groups in total. The Kier molecular flexibility index (Phi) is 6.84. The number of piperidine rings is 1. The van der Waals surface area contributed by atoms with Crippen molar-refractivity contribution >= 4 is 29.0 Å². The summed E-state index contributed by atoms with van der Waals surface area (Å²) >= 11 is 0. The molecule has 2 aliphatic heterocycles. The average molecular weight is 580 g/mol. The van der Waals surface area contributed by atoms with E-state index in [9.17, 15) is 22.8 Å². The number of amides is 2. The molecule has 5 heterocycles. The van der Waals surface area contributed by atoms with Gasteiger partial charge < -0.3 is 20.7 Å². The zero-order chi connectivity index (χ0) is 29.6. The van der Waals surface area contributed by atoms with E-state index in [2.05, 4.69) is 15.3 Å². The van der Waals surface area contributed by atoms with E-state index in [1.807, 2.05) is 16.2 Å². The van der Waals surface area contributed by atoms with Crippen molar-refractivity contribution < 1.29 is 27.5 Å². The maximum atomic E-state index is 13.2. The summed E-state index contributed by atoms with van der Waals surface area (Å²) in [5.74, 6) is 0.296. The lowest BCUT2D eigenvalue weighted by Gasteiger charge is -2.42. The van der Waals surface area contributed by atoms with Crippen molar-refractivity contribution in [2.45, 2.75) is 31.9 Å². The summed E-state index contributed by atoms with van der Waals surface area (Å²) in [6.45, 7) is 3.99. The highest BCUT2D eigenvalue weighted by molar-refractivity contribution is 6.04. The molecule has 0 spiro atoms. The van der Waals surface area contributed by atoms with Crippen LogP contribution in [0.4, 0.5) is 24.8 Å². The number of nitrogens with two attached hydrogens (primary N) is 1. The number of pyridine rings is 1. The van der Waals surface area contributed by atoms with Crippen LogP contribution in [0.15, 0.2) is 55.0 Å². The molecular formula is C29H28F3N7O3. The number of carbonyl (C=O) groups is 2. The number of hydrogen-bond acceptors (Lipinski definition) is 7. The van der Waals surface area contributed by atoms with Crippen LogP contribution < -0.4 is 11.1 Å². The van der Waals surface area contributed by atoms with Crippen molar-refractivity contribution in [2.75, 3.05) is 37.4 Å². The fraction of sp³-hybridized carbons (Fsp3) is 0.345. The predicted octanol–water partition coefficient (Wildman–Crippen LogP) is 4.39. The van der Waals surface area contributed by atoms with Crippen molar-refractivity contribution in [3.05, 3.63) is 71.9 Å². The molecule has 0 saturated carbocycles. The molecule has 42 heavy (non-hydrogen) atoms. The fourth-order valence-electron chi connectivity index (χ4n) is 5.51. The molecule has 6 rings (SSSR count). The van der Waals surface area contributed by atoms with Crippen LogP contribution in [0.3, 0.4) is 0 Å². The number of halogens is 3. The largest absolute Gasteiger partial charge is 0.416 e. The summed E-state index contributed by atoms with van der Waals surface area (Å²) in [5, 5.41) is 2.41. The van der Waals surface area contributed by atoms with Crippen LogP contribution in [0, 0.1) is 5.41 Å². The SMILES string of the molecule is CC1(C(=O)N2CCC[C@@H](c3nc(-c4ccc(C(=O)Nc5cc(C(F)(F)F)ccn5)cc4)c4c(N)nccn34)C2)COC1. The molecule has 10 nitrogen and oxygen atoms in total. The smallest absolute Gasteiger partial charge is 0.382 e. The Labute approximate surface area is 238 Å². The first-order valence-corrected chi connectivity index (χ1v) is 13.5. The molecule has 2 aliphatic rings. The number of carbonyl (C=O) groups excluding carboxylic acids is 2. The number of benzene rings is 1. The number of hydrogen-bond donors (Lipinski definition) is 2. The molecule has 0 radical (unpaired) electrons. The highest BCUT2D eigenvalue weighted by Crippen LogP contribution is 2.36. The van der Waals surface area contributed by atoms with Gasteiger partial charge in [-0.15, -0.1) is 0 Å². The van der Waals surface area contributed by atoms with Gasteiger partial charge in [-0.1, -0.05) is 12.1 Å². The van der Waals surface area contributed by atoms with Crippen LogP contribution >= 0.6 is 0 Å². The van der Waals surface area contributed by atoms with Gasteiger partial charge in [0.2, 0.25) is 5.91 Å². The second-order valence-corrected chi connectivity index (χ2v) is 11.0. The number of rotatable bonds is 5. The van der Waals surface area contributed by atoms with Crippen LogP contribution in [0.25, 0.3) is 16.8 Å². The molecule has 3 aromatic heterocycles. The molecule has 218 valence electrons. The van der Waals surface area contributed by atoms with Gasteiger partial charge in [-0.3, -0.25) is 14.0 Å². The minimum atomic E-state index is -4.55. The van der Waals surface area contributed by atoms with E-state index >= 15 is 0 Å².